The molecular formula is C28H19N. The van der Waals surface area contributed by atoms with E-state index in [1.807, 2.05) is 0 Å². The second-order valence-corrected chi connectivity index (χ2v) is 8.25. The average Bonchev–Trinajstić information content (AvgIpc) is 3.25. The Morgan fingerprint density at radius 2 is 1.17 bits per heavy atom. The molecule has 7 rings (SSSR count). The van der Waals surface area contributed by atoms with E-state index < -0.39 is 0 Å². The van der Waals surface area contributed by atoms with Gasteiger partial charge in [0.1, 0.15) is 0 Å². The molecule has 0 atom stereocenters. The van der Waals surface area contributed by atoms with E-state index in [1.165, 1.54) is 60.5 Å². The van der Waals surface area contributed by atoms with Crippen LogP contribution in [-0.2, 0) is 12.0 Å². The van der Waals surface area contributed by atoms with Crippen molar-refractivity contribution in [3.8, 4) is 11.1 Å². The number of nitrogens with two attached hydrogens (primary N) is 1. The summed E-state index contributed by atoms with van der Waals surface area (Å²) in [5.41, 5.74) is 15.2. The average molecular weight is 369 g/mol. The van der Waals surface area contributed by atoms with Gasteiger partial charge in [-0.1, -0.05) is 84.9 Å². The van der Waals surface area contributed by atoms with Gasteiger partial charge in [0.05, 0.1) is 5.41 Å². The number of fused-ring (bicyclic) bond motifs is 7. The highest BCUT2D eigenvalue weighted by molar-refractivity contribution is 6.17. The van der Waals surface area contributed by atoms with Gasteiger partial charge in [-0.05, 0) is 66.6 Å². The maximum absolute atomic E-state index is 6.00. The summed E-state index contributed by atoms with van der Waals surface area (Å²) in [6.45, 7) is 0.563. The maximum atomic E-state index is 6.00. The molecule has 29 heavy (non-hydrogen) atoms. The zero-order valence-corrected chi connectivity index (χ0v) is 15.9. The second kappa shape index (κ2) is 5.14. The highest BCUT2D eigenvalue weighted by Gasteiger charge is 2.50. The molecule has 1 nitrogen and oxygen atoms in total. The van der Waals surface area contributed by atoms with Crippen molar-refractivity contribution in [3.63, 3.8) is 0 Å². The van der Waals surface area contributed by atoms with Gasteiger partial charge < -0.3 is 5.73 Å². The first-order valence-corrected chi connectivity index (χ1v) is 10.2. The van der Waals surface area contributed by atoms with Gasteiger partial charge in [-0.2, -0.15) is 0 Å². The van der Waals surface area contributed by atoms with E-state index in [1.54, 1.807) is 0 Å². The Morgan fingerprint density at radius 1 is 0.552 bits per heavy atom. The maximum Gasteiger partial charge on any atom is 0.0725 e. The normalized spacial score (nSPS) is 14.8. The van der Waals surface area contributed by atoms with Crippen molar-refractivity contribution in [2.45, 2.75) is 12.0 Å². The summed E-state index contributed by atoms with van der Waals surface area (Å²) in [5.74, 6) is 0. The third-order valence-corrected chi connectivity index (χ3v) is 7.04. The minimum Gasteiger partial charge on any atom is -0.326 e. The molecule has 0 bridgehead atoms. The van der Waals surface area contributed by atoms with Gasteiger partial charge in [0, 0.05) is 6.54 Å². The van der Waals surface area contributed by atoms with Crippen LogP contribution >= 0.6 is 0 Å². The van der Waals surface area contributed by atoms with Crippen molar-refractivity contribution in [1.82, 2.24) is 0 Å². The van der Waals surface area contributed by atoms with E-state index in [0.29, 0.717) is 6.54 Å². The minimum atomic E-state index is -0.248. The Labute approximate surface area is 169 Å². The lowest BCUT2D eigenvalue weighted by atomic mass is 9.70. The standard InChI is InChI=1S/C28H19N/c29-16-17-11-14-23-21(15-17)20-7-1-2-8-22(20)28(23)24-9-3-5-18-12-13-19-6-4-10-25(28)27(19)26(18)24/h1-15H,16,29H2. The summed E-state index contributed by atoms with van der Waals surface area (Å²) in [6.07, 6.45) is 0. The van der Waals surface area contributed by atoms with E-state index in [-0.39, 0.29) is 5.41 Å². The van der Waals surface area contributed by atoms with Gasteiger partial charge in [0.15, 0.2) is 0 Å². The lowest BCUT2D eigenvalue weighted by Gasteiger charge is -2.30. The molecule has 0 fully saturated rings. The van der Waals surface area contributed by atoms with Crippen LogP contribution < -0.4 is 5.73 Å². The van der Waals surface area contributed by atoms with Crippen LogP contribution in [0.1, 0.15) is 27.8 Å². The third kappa shape index (κ3) is 1.63. The van der Waals surface area contributed by atoms with Crippen LogP contribution in [0.2, 0.25) is 0 Å². The molecule has 1 heteroatoms. The molecule has 0 unspecified atom stereocenters. The Kier molecular flexibility index (Phi) is 2.75. The monoisotopic (exact) mass is 369 g/mol. The molecule has 0 saturated carbocycles. The molecule has 5 aromatic rings. The largest absolute Gasteiger partial charge is 0.326 e. The van der Waals surface area contributed by atoms with Crippen LogP contribution in [0.3, 0.4) is 0 Å². The lowest BCUT2D eigenvalue weighted by molar-refractivity contribution is 0.796. The summed E-state index contributed by atoms with van der Waals surface area (Å²) in [5, 5.41) is 5.46. The van der Waals surface area contributed by atoms with Crippen molar-refractivity contribution in [2.24, 2.45) is 5.73 Å². The number of hydrogen-bond donors (Lipinski definition) is 1. The van der Waals surface area contributed by atoms with Crippen molar-refractivity contribution in [3.05, 3.63) is 119 Å². The Hall–Kier alpha value is -3.42. The molecule has 5 aromatic carbocycles. The van der Waals surface area contributed by atoms with Crippen LogP contribution in [0.4, 0.5) is 0 Å². The third-order valence-electron chi connectivity index (χ3n) is 7.04. The Bertz CT molecular complexity index is 1430. The van der Waals surface area contributed by atoms with Crippen LogP contribution in [0.25, 0.3) is 32.7 Å². The fourth-order valence-electron chi connectivity index (χ4n) is 5.96. The van der Waals surface area contributed by atoms with Gasteiger partial charge in [-0.15, -0.1) is 0 Å². The molecule has 0 radical (unpaired) electrons. The van der Waals surface area contributed by atoms with Gasteiger partial charge in [-0.25, -0.2) is 0 Å². The quantitative estimate of drug-likeness (QED) is 0.346. The Morgan fingerprint density at radius 3 is 1.86 bits per heavy atom. The van der Waals surface area contributed by atoms with Gasteiger partial charge in [-0.3, -0.25) is 0 Å². The zero-order valence-electron chi connectivity index (χ0n) is 15.9. The number of rotatable bonds is 1. The minimum absolute atomic E-state index is 0.248. The van der Waals surface area contributed by atoms with E-state index in [0.717, 1.165) is 0 Å². The van der Waals surface area contributed by atoms with E-state index in [9.17, 15) is 0 Å². The molecule has 0 aliphatic heterocycles. The SMILES string of the molecule is NCc1ccc2c(c1)-c1ccccc1C21c2cccc3ccc4cccc1c4c23. The first-order chi connectivity index (χ1) is 14.3. The highest BCUT2D eigenvalue weighted by atomic mass is 14.5. The fourth-order valence-corrected chi connectivity index (χ4v) is 5.96. The molecule has 2 N–H and O–H groups in total. The molecular weight excluding hydrogens is 350 g/mol. The lowest BCUT2D eigenvalue weighted by Crippen LogP contribution is -2.26. The topological polar surface area (TPSA) is 26.0 Å². The zero-order chi connectivity index (χ0) is 19.2. The summed E-state index contributed by atoms with van der Waals surface area (Å²) in [6, 6.07) is 33.9. The molecule has 0 aromatic heterocycles. The smallest absolute Gasteiger partial charge is 0.0725 e. The molecule has 136 valence electrons. The Balaban J connectivity index is 1.76. The molecule has 0 heterocycles. The van der Waals surface area contributed by atoms with Crippen LogP contribution in [0.15, 0.2) is 91.0 Å². The van der Waals surface area contributed by atoms with Gasteiger partial charge in [0.2, 0.25) is 0 Å². The second-order valence-electron chi connectivity index (χ2n) is 8.25. The first-order valence-electron chi connectivity index (χ1n) is 10.2. The van der Waals surface area contributed by atoms with Gasteiger partial charge in [0.25, 0.3) is 0 Å². The van der Waals surface area contributed by atoms with Crippen molar-refractivity contribution >= 4 is 21.5 Å². The van der Waals surface area contributed by atoms with E-state index in [2.05, 4.69) is 91.0 Å². The van der Waals surface area contributed by atoms with E-state index in [4.69, 9.17) is 5.73 Å². The fraction of sp³-hybridized carbons (Fsp3) is 0.0714. The summed E-state index contributed by atoms with van der Waals surface area (Å²) in [4.78, 5) is 0. The number of benzene rings is 5. The van der Waals surface area contributed by atoms with Crippen LogP contribution in [-0.4, -0.2) is 0 Å². The predicted molar refractivity (Wildman–Crippen MR) is 120 cm³/mol. The highest BCUT2D eigenvalue weighted by Crippen LogP contribution is 2.62. The van der Waals surface area contributed by atoms with Crippen LogP contribution in [0, 0.1) is 0 Å². The van der Waals surface area contributed by atoms with Crippen molar-refractivity contribution < 1.29 is 0 Å². The van der Waals surface area contributed by atoms with E-state index >= 15 is 0 Å². The molecule has 2 aliphatic rings. The summed E-state index contributed by atoms with van der Waals surface area (Å²) >= 11 is 0. The van der Waals surface area contributed by atoms with Crippen LogP contribution in [0.5, 0.6) is 0 Å². The number of hydrogen-bond acceptors (Lipinski definition) is 1. The summed E-state index contributed by atoms with van der Waals surface area (Å²) in [7, 11) is 0. The molecule has 1 spiro atoms. The molecule has 2 aliphatic carbocycles. The summed E-state index contributed by atoms with van der Waals surface area (Å²) < 4.78 is 0. The van der Waals surface area contributed by atoms with Gasteiger partial charge >= 0.3 is 0 Å². The van der Waals surface area contributed by atoms with Crippen molar-refractivity contribution in [2.75, 3.05) is 0 Å². The van der Waals surface area contributed by atoms with Crippen molar-refractivity contribution in [1.29, 1.82) is 0 Å². The first kappa shape index (κ1) is 15.5. The predicted octanol–water partition coefficient (Wildman–Crippen LogP) is 6.13. The molecule has 0 amide bonds. The molecule has 0 saturated heterocycles.